The second kappa shape index (κ2) is 8.54. The van der Waals surface area contributed by atoms with Gasteiger partial charge in [0.2, 0.25) is 11.7 Å². The van der Waals surface area contributed by atoms with Gasteiger partial charge in [-0.25, -0.2) is 0 Å². The number of nitriles is 1. The quantitative estimate of drug-likeness (QED) is 0.756. The number of benzene rings is 1. The van der Waals surface area contributed by atoms with Crippen LogP contribution in [0, 0.1) is 32.1 Å². The van der Waals surface area contributed by atoms with Crippen molar-refractivity contribution >= 4 is 5.78 Å². The highest BCUT2D eigenvalue weighted by Crippen LogP contribution is 2.23. The zero-order chi connectivity index (χ0) is 20.1. The number of ketones is 1. The molecule has 0 bridgehead atoms. The molecular weight excluding hydrogens is 344 g/mol. The molecular formula is C21H24N2O4. The standard InChI is InChI=1S/C21H24N2O4/c1-5-6-9-23-20(25)17(11-22)15(4)19(21(23)26)18(24)12-27-16-8-7-13(2)14(3)10-16/h7-8,10,26H,5-6,9,12H2,1-4H3. The van der Waals surface area contributed by atoms with Gasteiger partial charge in [-0.15, -0.1) is 0 Å². The zero-order valence-electron chi connectivity index (χ0n) is 16.1. The Bertz CT molecular complexity index is 968. The molecule has 0 saturated carbocycles. The van der Waals surface area contributed by atoms with Gasteiger partial charge in [-0.1, -0.05) is 19.4 Å². The van der Waals surface area contributed by atoms with Crippen molar-refractivity contribution in [3.63, 3.8) is 0 Å². The number of hydrogen-bond acceptors (Lipinski definition) is 5. The van der Waals surface area contributed by atoms with Gasteiger partial charge in [0.05, 0.1) is 5.56 Å². The van der Waals surface area contributed by atoms with Gasteiger partial charge in [-0.2, -0.15) is 5.26 Å². The van der Waals surface area contributed by atoms with Crippen LogP contribution in [0.4, 0.5) is 0 Å². The Hall–Kier alpha value is -3.07. The smallest absolute Gasteiger partial charge is 0.271 e. The molecule has 0 atom stereocenters. The number of unbranched alkanes of at least 4 members (excludes halogenated alkanes) is 1. The summed E-state index contributed by atoms with van der Waals surface area (Å²) in [5.41, 5.74) is 1.60. The lowest BCUT2D eigenvalue weighted by Gasteiger charge is -2.15. The van der Waals surface area contributed by atoms with Crippen LogP contribution in [0.15, 0.2) is 23.0 Å². The van der Waals surface area contributed by atoms with E-state index in [9.17, 15) is 20.0 Å². The minimum Gasteiger partial charge on any atom is -0.494 e. The summed E-state index contributed by atoms with van der Waals surface area (Å²) in [5.74, 6) is -0.341. The van der Waals surface area contributed by atoms with E-state index in [0.717, 1.165) is 22.1 Å². The number of carbonyl (C=O) groups is 1. The molecule has 1 N–H and O–H groups in total. The highest BCUT2D eigenvalue weighted by molar-refractivity contribution is 6.01. The number of nitrogens with zero attached hydrogens (tertiary/aromatic N) is 2. The molecule has 2 aromatic rings. The Morgan fingerprint density at radius 1 is 1.26 bits per heavy atom. The molecule has 27 heavy (non-hydrogen) atoms. The molecule has 6 nitrogen and oxygen atoms in total. The summed E-state index contributed by atoms with van der Waals surface area (Å²) in [7, 11) is 0. The zero-order valence-corrected chi connectivity index (χ0v) is 16.1. The lowest BCUT2D eigenvalue weighted by atomic mass is 10.0. The van der Waals surface area contributed by atoms with Crippen molar-refractivity contribution in [2.75, 3.05) is 6.61 Å². The topological polar surface area (TPSA) is 92.3 Å². The van der Waals surface area contributed by atoms with Crippen molar-refractivity contribution in [3.8, 4) is 17.7 Å². The van der Waals surface area contributed by atoms with Crippen LogP contribution in [-0.4, -0.2) is 22.1 Å². The molecule has 1 aromatic heterocycles. The minimum atomic E-state index is -0.576. The summed E-state index contributed by atoms with van der Waals surface area (Å²) in [6.07, 6.45) is 1.45. The number of aromatic hydroxyl groups is 1. The molecule has 1 heterocycles. The Morgan fingerprint density at radius 2 is 1.96 bits per heavy atom. The second-order valence-electron chi connectivity index (χ2n) is 6.58. The molecule has 2 rings (SSSR count). The second-order valence-corrected chi connectivity index (χ2v) is 6.58. The summed E-state index contributed by atoms with van der Waals surface area (Å²) in [6.45, 7) is 7.32. The van der Waals surface area contributed by atoms with Gasteiger partial charge < -0.3 is 9.84 Å². The summed E-state index contributed by atoms with van der Waals surface area (Å²) >= 11 is 0. The first-order chi connectivity index (χ1) is 12.8. The van der Waals surface area contributed by atoms with Crippen molar-refractivity contribution < 1.29 is 14.6 Å². The highest BCUT2D eigenvalue weighted by Gasteiger charge is 2.24. The summed E-state index contributed by atoms with van der Waals surface area (Å²) < 4.78 is 6.66. The Kier molecular flexibility index (Phi) is 6.40. The average molecular weight is 368 g/mol. The first-order valence-corrected chi connectivity index (χ1v) is 8.91. The van der Waals surface area contributed by atoms with Gasteiger partial charge in [0, 0.05) is 6.54 Å². The average Bonchev–Trinajstić information content (AvgIpc) is 2.63. The SMILES string of the molecule is CCCCn1c(O)c(C(=O)COc2ccc(C)c(C)c2)c(C)c(C#N)c1=O. The maximum atomic E-state index is 12.7. The molecule has 0 saturated heterocycles. The third kappa shape index (κ3) is 4.20. The number of aromatic nitrogens is 1. The summed E-state index contributed by atoms with van der Waals surface area (Å²) in [4.78, 5) is 25.1. The first kappa shape index (κ1) is 20.2. The molecule has 0 aliphatic rings. The lowest BCUT2D eigenvalue weighted by molar-refractivity contribution is 0.0916. The molecule has 0 fully saturated rings. The van der Waals surface area contributed by atoms with Crippen molar-refractivity contribution in [3.05, 3.63) is 56.4 Å². The van der Waals surface area contributed by atoms with Crippen molar-refractivity contribution in [1.82, 2.24) is 4.57 Å². The Labute approximate surface area is 158 Å². The molecule has 0 unspecified atom stereocenters. The fourth-order valence-electron chi connectivity index (χ4n) is 2.83. The van der Waals surface area contributed by atoms with Crippen LogP contribution < -0.4 is 10.3 Å². The van der Waals surface area contributed by atoms with Crippen LogP contribution >= 0.6 is 0 Å². The number of hydrogen-bond donors (Lipinski definition) is 1. The maximum Gasteiger partial charge on any atom is 0.271 e. The van der Waals surface area contributed by atoms with E-state index in [-0.39, 0.29) is 29.8 Å². The molecule has 0 aliphatic heterocycles. The molecule has 6 heteroatoms. The van der Waals surface area contributed by atoms with E-state index in [1.54, 1.807) is 6.07 Å². The van der Waals surface area contributed by atoms with Crippen LogP contribution in [0.1, 0.15) is 52.4 Å². The highest BCUT2D eigenvalue weighted by atomic mass is 16.5. The van der Waals surface area contributed by atoms with Crippen LogP contribution in [-0.2, 0) is 6.54 Å². The van der Waals surface area contributed by atoms with Crippen LogP contribution in [0.5, 0.6) is 11.6 Å². The summed E-state index contributed by atoms with van der Waals surface area (Å²) in [6, 6.07) is 7.35. The van der Waals surface area contributed by atoms with Gasteiger partial charge in [0.25, 0.3) is 5.56 Å². The third-order valence-corrected chi connectivity index (χ3v) is 4.66. The van der Waals surface area contributed by atoms with Gasteiger partial charge in [0.1, 0.15) is 17.4 Å². The number of Topliss-reactive ketones (excluding diaryl/α,β-unsaturated/α-hetero) is 1. The van der Waals surface area contributed by atoms with E-state index in [1.165, 1.54) is 6.92 Å². The van der Waals surface area contributed by atoms with Crippen molar-refractivity contribution in [2.24, 2.45) is 0 Å². The van der Waals surface area contributed by atoms with Crippen LogP contribution in [0.25, 0.3) is 0 Å². The lowest BCUT2D eigenvalue weighted by Crippen LogP contribution is -2.27. The molecule has 142 valence electrons. The van der Waals surface area contributed by atoms with Gasteiger partial charge in [0.15, 0.2) is 6.61 Å². The molecule has 1 aromatic carbocycles. The molecule has 0 amide bonds. The number of ether oxygens (including phenoxy) is 1. The first-order valence-electron chi connectivity index (χ1n) is 8.91. The Morgan fingerprint density at radius 3 is 2.56 bits per heavy atom. The minimum absolute atomic E-state index is 0.0360. The predicted molar refractivity (Wildman–Crippen MR) is 102 cm³/mol. The number of aryl methyl sites for hydroxylation is 2. The van der Waals surface area contributed by atoms with Crippen LogP contribution in [0.2, 0.25) is 0 Å². The number of rotatable bonds is 7. The predicted octanol–water partition coefficient (Wildman–Crippen LogP) is 3.41. The number of pyridine rings is 1. The van der Waals surface area contributed by atoms with Crippen LogP contribution in [0.3, 0.4) is 0 Å². The van der Waals surface area contributed by atoms with E-state index in [0.29, 0.717) is 12.2 Å². The molecule has 0 aliphatic carbocycles. The monoisotopic (exact) mass is 368 g/mol. The van der Waals surface area contributed by atoms with Gasteiger partial charge in [-0.05, 0) is 56.0 Å². The number of carbonyl (C=O) groups excluding carboxylic acids is 1. The van der Waals surface area contributed by atoms with E-state index in [1.807, 2.05) is 39.0 Å². The maximum absolute atomic E-state index is 12.7. The normalized spacial score (nSPS) is 10.5. The van der Waals surface area contributed by atoms with E-state index in [4.69, 9.17) is 4.74 Å². The fourth-order valence-corrected chi connectivity index (χ4v) is 2.83. The van der Waals surface area contributed by atoms with Gasteiger partial charge >= 0.3 is 0 Å². The molecule has 0 radical (unpaired) electrons. The fraction of sp³-hybridized carbons (Fsp3) is 0.381. The van der Waals surface area contributed by atoms with Crippen molar-refractivity contribution in [2.45, 2.75) is 47.1 Å². The Balaban J connectivity index is 2.38. The van der Waals surface area contributed by atoms with E-state index in [2.05, 4.69) is 0 Å². The van der Waals surface area contributed by atoms with Gasteiger partial charge in [-0.3, -0.25) is 14.2 Å². The third-order valence-electron chi connectivity index (χ3n) is 4.66. The molecule has 0 spiro atoms. The van der Waals surface area contributed by atoms with Crippen molar-refractivity contribution in [1.29, 1.82) is 5.26 Å². The van der Waals surface area contributed by atoms with E-state index < -0.39 is 17.2 Å². The largest absolute Gasteiger partial charge is 0.494 e. The van der Waals surface area contributed by atoms with E-state index >= 15 is 0 Å². The summed E-state index contributed by atoms with van der Waals surface area (Å²) in [5, 5.41) is 19.8.